The molecule has 0 fully saturated rings. The highest BCUT2D eigenvalue weighted by molar-refractivity contribution is 7.90. The van der Waals surface area contributed by atoms with Crippen LogP contribution < -0.4 is 4.74 Å². The second-order valence-corrected chi connectivity index (χ2v) is 6.08. The van der Waals surface area contributed by atoms with Crippen LogP contribution in [0.5, 0.6) is 5.75 Å². The summed E-state index contributed by atoms with van der Waals surface area (Å²) in [5.41, 5.74) is 0. The van der Waals surface area contributed by atoms with Crippen molar-refractivity contribution >= 4 is 9.84 Å². The van der Waals surface area contributed by atoms with Crippen LogP contribution >= 0.6 is 0 Å². The van der Waals surface area contributed by atoms with Crippen molar-refractivity contribution in [2.75, 3.05) is 12.9 Å². The fraction of sp³-hybridized carbons (Fsp3) is 0.500. The molecule has 0 radical (unpaired) electrons. The Hall–Kier alpha value is -1.03. The van der Waals surface area contributed by atoms with E-state index in [1.54, 1.807) is 24.3 Å². The molecule has 4 heteroatoms. The Labute approximate surface area is 97.4 Å². The van der Waals surface area contributed by atoms with Crippen LogP contribution in [-0.4, -0.2) is 21.3 Å². The Morgan fingerprint density at radius 1 is 1.25 bits per heavy atom. The second-order valence-electron chi connectivity index (χ2n) is 4.07. The highest BCUT2D eigenvalue weighted by Gasteiger charge is 2.06. The van der Waals surface area contributed by atoms with Crippen LogP contribution in [0.15, 0.2) is 29.2 Å². The normalized spacial score (nSPS) is 13.4. The molecule has 1 rings (SSSR count). The van der Waals surface area contributed by atoms with Crippen molar-refractivity contribution in [1.82, 2.24) is 0 Å². The summed E-state index contributed by atoms with van der Waals surface area (Å²) in [6.45, 7) is 4.89. The molecular weight excluding hydrogens is 224 g/mol. The van der Waals surface area contributed by atoms with Crippen molar-refractivity contribution in [1.29, 1.82) is 0 Å². The van der Waals surface area contributed by atoms with Gasteiger partial charge in [0.25, 0.3) is 0 Å². The predicted molar refractivity (Wildman–Crippen MR) is 64.5 cm³/mol. The molecule has 0 aromatic heterocycles. The number of hydrogen-bond donors (Lipinski definition) is 0. The Kier molecular flexibility index (Phi) is 4.35. The van der Waals surface area contributed by atoms with E-state index in [2.05, 4.69) is 13.8 Å². The summed E-state index contributed by atoms with van der Waals surface area (Å²) < 4.78 is 28.0. The summed E-state index contributed by atoms with van der Waals surface area (Å²) in [7, 11) is -3.11. The van der Waals surface area contributed by atoms with Crippen LogP contribution in [0.25, 0.3) is 0 Å². The minimum Gasteiger partial charge on any atom is -0.493 e. The fourth-order valence-corrected chi connectivity index (χ4v) is 1.77. The van der Waals surface area contributed by atoms with Gasteiger partial charge in [-0.1, -0.05) is 20.3 Å². The molecule has 0 saturated carbocycles. The first-order chi connectivity index (χ1) is 7.43. The van der Waals surface area contributed by atoms with Crippen molar-refractivity contribution in [3.05, 3.63) is 24.3 Å². The maximum absolute atomic E-state index is 11.2. The average molecular weight is 242 g/mol. The van der Waals surface area contributed by atoms with Gasteiger partial charge in [-0.3, -0.25) is 0 Å². The van der Waals surface area contributed by atoms with Crippen molar-refractivity contribution in [3.63, 3.8) is 0 Å². The average Bonchev–Trinajstić information content (AvgIpc) is 2.25. The van der Waals surface area contributed by atoms with E-state index in [1.165, 1.54) is 6.26 Å². The number of ether oxygens (including phenoxy) is 1. The third-order valence-corrected chi connectivity index (χ3v) is 3.61. The smallest absolute Gasteiger partial charge is 0.175 e. The topological polar surface area (TPSA) is 43.4 Å². The van der Waals surface area contributed by atoms with Crippen molar-refractivity contribution in [2.45, 2.75) is 25.2 Å². The van der Waals surface area contributed by atoms with Gasteiger partial charge in [-0.15, -0.1) is 0 Å². The maximum atomic E-state index is 11.2. The Morgan fingerprint density at radius 3 is 2.25 bits per heavy atom. The van der Waals surface area contributed by atoms with Gasteiger partial charge in [0.05, 0.1) is 11.5 Å². The van der Waals surface area contributed by atoms with Crippen molar-refractivity contribution in [3.8, 4) is 5.75 Å². The molecule has 1 aromatic rings. The first kappa shape index (κ1) is 13.0. The lowest BCUT2D eigenvalue weighted by atomic mass is 10.1. The lowest BCUT2D eigenvalue weighted by molar-refractivity contribution is 0.256. The zero-order valence-corrected chi connectivity index (χ0v) is 10.8. The first-order valence-electron chi connectivity index (χ1n) is 5.36. The molecule has 0 spiro atoms. The van der Waals surface area contributed by atoms with Crippen LogP contribution in [0.4, 0.5) is 0 Å². The molecule has 0 N–H and O–H groups in total. The summed E-state index contributed by atoms with van der Waals surface area (Å²) in [4.78, 5) is 0.323. The molecule has 0 saturated heterocycles. The van der Waals surface area contributed by atoms with Crippen molar-refractivity contribution < 1.29 is 13.2 Å². The van der Waals surface area contributed by atoms with Gasteiger partial charge in [0.1, 0.15) is 5.75 Å². The molecule has 0 heterocycles. The molecule has 3 nitrogen and oxygen atoms in total. The molecule has 0 bridgehead atoms. The van der Waals surface area contributed by atoms with Gasteiger partial charge in [-0.05, 0) is 30.2 Å². The highest BCUT2D eigenvalue weighted by Crippen LogP contribution is 2.16. The third kappa shape index (κ3) is 3.85. The Bertz CT molecular complexity index is 420. The summed E-state index contributed by atoms with van der Waals surface area (Å²) in [6.07, 6.45) is 2.27. The zero-order valence-electron chi connectivity index (χ0n) is 9.93. The van der Waals surface area contributed by atoms with Gasteiger partial charge in [0.15, 0.2) is 9.84 Å². The van der Waals surface area contributed by atoms with Gasteiger partial charge in [-0.2, -0.15) is 0 Å². The van der Waals surface area contributed by atoms with Gasteiger partial charge in [0, 0.05) is 6.26 Å². The minimum absolute atomic E-state index is 0.323. The van der Waals surface area contributed by atoms with Crippen LogP contribution in [0.2, 0.25) is 0 Å². The highest BCUT2D eigenvalue weighted by atomic mass is 32.2. The molecule has 16 heavy (non-hydrogen) atoms. The molecule has 1 unspecified atom stereocenters. The lowest BCUT2D eigenvalue weighted by Gasteiger charge is -2.10. The van der Waals surface area contributed by atoms with Crippen molar-refractivity contribution in [2.24, 2.45) is 5.92 Å². The Morgan fingerprint density at radius 2 is 1.81 bits per heavy atom. The Balaban J connectivity index is 2.66. The maximum Gasteiger partial charge on any atom is 0.175 e. The number of hydrogen-bond acceptors (Lipinski definition) is 3. The molecule has 0 amide bonds. The summed E-state index contributed by atoms with van der Waals surface area (Å²) in [6, 6.07) is 6.53. The van der Waals surface area contributed by atoms with Crippen LogP contribution in [0, 0.1) is 5.92 Å². The lowest BCUT2D eigenvalue weighted by Crippen LogP contribution is -2.07. The molecule has 0 aliphatic heterocycles. The monoisotopic (exact) mass is 242 g/mol. The molecule has 1 atom stereocenters. The fourth-order valence-electron chi connectivity index (χ4n) is 1.14. The number of benzene rings is 1. The van der Waals surface area contributed by atoms with E-state index >= 15 is 0 Å². The predicted octanol–water partition coefficient (Wildman–Crippen LogP) is 2.52. The molecule has 90 valence electrons. The number of rotatable bonds is 5. The standard InChI is InChI=1S/C12H18O3S/c1-4-10(2)9-15-11-5-7-12(8-6-11)16(3,13)14/h5-8,10H,4,9H2,1-3H3. The van der Waals surface area contributed by atoms with Crippen LogP contribution in [0.1, 0.15) is 20.3 Å². The van der Waals surface area contributed by atoms with Crippen LogP contribution in [0.3, 0.4) is 0 Å². The molecule has 0 aliphatic rings. The quantitative estimate of drug-likeness (QED) is 0.797. The second kappa shape index (κ2) is 5.34. The van der Waals surface area contributed by atoms with E-state index in [9.17, 15) is 8.42 Å². The summed E-state index contributed by atoms with van der Waals surface area (Å²) in [5, 5.41) is 0. The van der Waals surface area contributed by atoms with Gasteiger partial charge in [-0.25, -0.2) is 8.42 Å². The van der Waals surface area contributed by atoms with E-state index in [1.807, 2.05) is 0 Å². The molecular formula is C12H18O3S. The van der Waals surface area contributed by atoms with E-state index in [0.717, 1.165) is 6.42 Å². The number of sulfone groups is 1. The third-order valence-electron chi connectivity index (χ3n) is 2.48. The molecule has 0 aliphatic carbocycles. The summed E-state index contributed by atoms with van der Waals surface area (Å²) in [5.74, 6) is 1.22. The van der Waals surface area contributed by atoms with Gasteiger partial charge >= 0.3 is 0 Å². The van der Waals surface area contributed by atoms with Gasteiger partial charge < -0.3 is 4.74 Å². The van der Waals surface area contributed by atoms with E-state index in [4.69, 9.17) is 4.74 Å². The first-order valence-corrected chi connectivity index (χ1v) is 7.25. The van der Waals surface area contributed by atoms with E-state index in [-0.39, 0.29) is 0 Å². The summed E-state index contributed by atoms with van der Waals surface area (Å²) >= 11 is 0. The van der Waals surface area contributed by atoms with E-state index < -0.39 is 9.84 Å². The van der Waals surface area contributed by atoms with Gasteiger partial charge in [0.2, 0.25) is 0 Å². The molecule has 1 aromatic carbocycles. The minimum atomic E-state index is -3.11. The largest absolute Gasteiger partial charge is 0.493 e. The van der Waals surface area contributed by atoms with Crippen LogP contribution in [-0.2, 0) is 9.84 Å². The van der Waals surface area contributed by atoms with E-state index in [0.29, 0.717) is 23.2 Å². The SMILES string of the molecule is CCC(C)COc1ccc(S(C)(=O)=O)cc1. The zero-order chi connectivity index (χ0) is 12.2.